The van der Waals surface area contributed by atoms with E-state index < -0.39 is 0 Å². The van der Waals surface area contributed by atoms with Gasteiger partial charge in [0.15, 0.2) is 5.76 Å². The summed E-state index contributed by atoms with van der Waals surface area (Å²) in [4.78, 5) is 0. The molecule has 1 aromatic heterocycles. The van der Waals surface area contributed by atoms with Crippen LogP contribution in [0, 0.1) is 0 Å². The first kappa shape index (κ1) is 9.60. The molecule has 3 heteroatoms. The highest BCUT2D eigenvalue weighted by molar-refractivity contribution is 5.58. The normalized spacial score (nSPS) is 20.1. The minimum Gasteiger partial charge on any atom is -0.359 e. The molecule has 2 heterocycles. The summed E-state index contributed by atoms with van der Waals surface area (Å²) in [5, 5.41) is 7.52. The molecule has 1 atom stereocenters. The summed E-state index contributed by atoms with van der Waals surface area (Å²) in [5.41, 5.74) is 2.03. The van der Waals surface area contributed by atoms with Crippen molar-refractivity contribution in [2.75, 3.05) is 6.54 Å². The van der Waals surface area contributed by atoms with E-state index in [0.29, 0.717) is 6.04 Å². The maximum absolute atomic E-state index is 5.39. The lowest BCUT2D eigenvalue weighted by Crippen LogP contribution is -2.11. The maximum atomic E-state index is 5.39. The van der Waals surface area contributed by atoms with Crippen molar-refractivity contribution in [1.29, 1.82) is 0 Å². The summed E-state index contributed by atoms with van der Waals surface area (Å²) in [5.74, 6) is 0.955. The highest BCUT2D eigenvalue weighted by Gasteiger charge is 2.20. The van der Waals surface area contributed by atoms with Crippen LogP contribution in [-0.2, 0) is 0 Å². The largest absolute Gasteiger partial charge is 0.359 e. The van der Waals surface area contributed by atoms with E-state index in [0.717, 1.165) is 30.0 Å². The van der Waals surface area contributed by atoms with Gasteiger partial charge in [-0.2, -0.15) is 0 Å². The van der Waals surface area contributed by atoms with Gasteiger partial charge in [-0.15, -0.1) is 0 Å². The van der Waals surface area contributed by atoms with E-state index in [4.69, 9.17) is 4.52 Å². The molecule has 16 heavy (non-hydrogen) atoms. The quantitative estimate of drug-likeness (QED) is 0.835. The van der Waals surface area contributed by atoms with E-state index in [1.807, 2.05) is 36.4 Å². The Balaban J connectivity index is 1.87. The molecule has 82 valence electrons. The van der Waals surface area contributed by atoms with E-state index in [2.05, 4.69) is 10.5 Å². The van der Waals surface area contributed by atoms with Crippen molar-refractivity contribution in [3.05, 3.63) is 42.2 Å². The molecule has 0 saturated carbocycles. The van der Waals surface area contributed by atoms with Crippen LogP contribution in [0.3, 0.4) is 0 Å². The molecular formula is C13H14N2O. The van der Waals surface area contributed by atoms with Crippen LogP contribution in [0.4, 0.5) is 0 Å². The van der Waals surface area contributed by atoms with Crippen LogP contribution in [0.25, 0.3) is 11.3 Å². The fourth-order valence-corrected chi connectivity index (χ4v) is 2.13. The number of aromatic nitrogens is 1. The number of hydrogen-bond acceptors (Lipinski definition) is 3. The SMILES string of the molecule is c1ccc(-c2cc([C@H]3CCCN3)on2)cc1. The second-order valence-electron chi connectivity index (χ2n) is 4.13. The molecule has 2 aromatic rings. The van der Waals surface area contributed by atoms with Crippen LogP contribution in [0.5, 0.6) is 0 Å². The molecule has 0 amide bonds. The molecule has 1 aromatic carbocycles. The number of nitrogens with one attached hydrogen (secondary N) is 1. The molecule has 0 bridgehead atoms. The van der Waals surface area contributed by atoms with Crippen LogP contribution < -0.4 is 5.32 Å². The molecule has 0 spiro atoms. The van der Waals surface area contributed by atoms with Gasteiger partial charge in [0.1, 0.15) is 5.69 Å². The van der Waals surface area contributed by atoms with E-state index in [-0.39, 0.29) is 0 Å². The van der Waals surface area contributed by atoms with Crippen molar-refractivity contribution in [3.63, 3.8) is 0 Å². The standard InChI is InChI=1S/C13H14N2O/c1-2-5-10(6-3-1)12-9-13(16-15-12)11-7-4-8-14-11/h1-3,5-6,9,11,14H,4,7-8H2/t11-/m1/s1. The van der Waals surface area contributed by atoms with Crippen LogP contribution >= 0.6 is 0 Å². The van der Waals surface area contributed by atoms with Crippen LogP contribution in [-0.4, -0.2) is 11.7 Å². The third kappa shape index (κ3) is 1.74. The van der Waals surface area contributed by atoms with E-state index in [9.17, 15) is 0 Å². The number of benzene rings is 1. The minimum absolute atomic E-state index is 0.352. The topological polar surface area (TPSA) is 38.1 Å². The summed E-state index contributed by atoms with van der Waals surface area (Å²) in [7, 11) is 0. The molecule has 3 rings (SSSR count). The van der Waals surface area contributed by atoms with Crippen molar-refractivity contribution < 1.29 is 4.52 Å². The zero-order valence-electron chi connectivity index (χ0n) is 9.02. The summed E-state index contributed by atoms with van der Waals surface area (Å²) in [6, 6.07) is 12.5. The van der Waals surface area contributed by atoms with Crippen LogP contribution in [0.15, 0.2) is 40.9 Å². The molecule has 0 radical (unpaired) electrons. The second-order valence-corrected chi connectivity index (χ2v) is 4.13. The summed E-state index contributed by atoms with van der Waals surface area (Å²) < 4.78 is 5.39. The molecule has 1 aliphatic rings. The molecular weight excluding hydrogens is 200 g/mol. The van der Waals surface area contributed by atoms with Crippen molar-refractivity contribution >= 4 is 0 Å². The van der Waals surface area contributed by atoms with Crippen LogP contribution in [0.2, 0.25) is 0 Å². The lowest BCUT2D eigenvalue weighted by Gasteiger charge is -2.02. The minimum atomic E-state index is 0.352. The Morgan fingerprint density at radius 2 is 2.12 bits per heavy atom. The molecule has 1 saturated heterocycles. The predicted molar refractivity (Wildman–Crippen MR) is 61.9 cm³/mol. The number of nitrogens with zero attached hydrogens (tertiary/aromatic N) is 1. The Bertz CT molecular complexity index is 458. The third-order valence-electron chi connectivity index (χ3n) is 3.00. The van der Waals surface area contributed by atoms with Gasteiger partial charge in [-0.1, -0.05) is 35.5 Å². The van der Waals surface area contributed by atoms with Gasteiger partial charge >= 0.3 is 0 Å². The lowest BCUT2D eigenvalue weighted by molar-refractivity contribution is 0.353. The second kappa shape index (κ2) is 4.10. The maximum Gasteiger partial charge on any atom is 0.154 e. The van der Waals surface area contributed by atoms with Crippen molar-refractivity contribution in [3.8, 4) is 11.3 Å². The van der Waals surface area contributed by atoms with Crippen molar-refractivity contribution in [1.82, 2.24) is 10.5 Å². The van der Waals surface area contributed by atoms with Gasteiger partial charge in [-0.3, -0.25) is 0 Å². The highest BCUT2D eigenvalue weighted by atomic mass is 16.5. The van der Waals surface area contributed by atoms with Gasteiger partial charge in [0.05, 0.1) is 6.04 Å². The van der Waals surface area contributed by atoms with E-state index >= 15 is 0 Å². The molecule has 0 aliphatic carbocycles. The summed E-state index contributed by atoms with van der Waals surface area (Å²) >= 11 is 0. The van der Waals surface area contributed by atoms with E-state index in [1.54, 1.807) is 0 Å². The van der Waals surface area contributed by atoms with Gasteiger partial charge in [0, 0.05) is 11.6 Å². The number of rotatable bonds is 2. The van der Waals surface area contributed by atoms with Crippen LogP contribution in [0.1, 0.15) is 24.6 Å². The Labute approximate surface area is 94.5 Å². The Morgan fingerprint density at radius 3 is 2.88 bits per heavy atom. The lowest BCUT2D eigenvalue weighted by atomic mass is 10.1. The first-order chi connectivity index (χ1) is 7.93. The summed E-state index contributed by atoms with van der Waals surface area (Å²) in [6.07, 6.45) is 2.36. The zero-order chi connectivity index (χ0) is 10.8. The zero-order valence-corrected chi connectivity index (χ0v) is 9.02. The fourth-order valence-electron chi connectivity index (χ4n) is 2.13. The molecule has 1 N–H and O–H groups in total. The average Bonchev–Trinajstić information content (AvgIpc) is 3.01. The molecule has 1 aliphatic heterocycles. The Hall–Kier alpha value is -1.61. The monoisotopic (exact) mass is 214 g/mol. The first-order valence-corrected chi connectivity index (χ1v) is 5.69. The third-order valence-corrected chi connectivity index (χ3v) is 3.00. The molecule has 1 fully saturated rings. The van der Waals surface area contributed by atoms with Gasteiger partial charge in [0.25, 0.3) is 0 Å². The molecule has 0 unspecified atom stereocenters. The Morgan fingerprint density at radius 1 is 1.25 bits per heavy atom. The fraction of sp³-hybridized carbons (Fsp3) is 0.308. The van der Waals surface area contributed by atoms with Gasteiger partial charge in [-0.25, -0.2) is 0 Å². The van der Waals surface area contributed by atoms with E-state index in [1.165, 1.54) is 6.42 Å². The Kier molecular flexibility index (Phi) is 2.46. The number of hydrogen-bond donors (Lipinski definition) is 1. The average molecular weight is 214 g/mol. The smallest absolute Gasteiger partial charge is 0.154 e. The summed E-state index contributed by atoms with van der Waals surface area (Å²) in [6.45, 7) is 1.08. The highest BCUT2D eigenvalue weighted by Crippen LogP contribution is 2.26. The van der Waals surface area contributed by atoms with Gasteiger partial charge < -0.3 is 9.84 Å². The van der Waals surface area contributed by atoms with Gasteiger partial charge in [0.2, 0.25) is 0 Å². The van der Waals surface area contributed by atoms with Gasteiger partial charge in [-0.05, 0) is 19.4 Å². The van der Waals surface area contributed by atoms with Crippen molar-refractivity contribution in [2.45, 2.75) is 18.9 Å². The predicted octanol–water partition coefficient (Wildman–Crippen LogP) is 2.77. The molecule has 3 nitrogen and oxygen atoms in total. The van der Waals surface area contributed by atoms with Crippen molar-refractivity contribution in [2.24, 2.45) is 0 Å². The first-order valence-electron chi connectivity index (χ1n) is 5.69.